The Morgan fingerprint density at radius 3 is 2.59 bits per heavy atom. The molecule has 0 saturated heterocycles. The molecule has 7 heteroatoms. The maximum absolute atomic E-state index is 13.3. The van der Waals surface area contributed by atoms with Crippen LogP contribution in [0.1, 0.15) is 10.4 Å². The molecule has 0 spiro atoms. The number of carbonyl (C=O) groups is 2. The summed E-state index contributed by atoms with van der Waals surface area (Å²) < 4.78 is 31.5. The van der Waals surface area contributed by atoms with Gasteiger partial charge in [0.05, 0.1) is 11.3 Å². The Morgan fingerprint density at radius 2 is 1.86 bits per heavy atom. The molecule has 0 unspecified atom stereocenters. The van der Waals surface area contributed by atoms with Gasteiger partial charge in [-0.25, -0.2) is 13.6 Å². The molecular weight excluding hydrogens is 360 g/mol. The zero-order valence-corrected chi connectivity index (χ0v) is 12.7. The second kappa shape index (κ2) is 7.13. The summed E-state index contributed by atoms with van der Waals surface area (Å²) in [5, 5.41) is 2.27. The maximum atomic E-state index is 13.3. The van der Waals surface area contributed by atoms with Crippen LogP contribution in [0, 0.1) is 11.6 Å². The van der Waals surface area contributed by atoms with E-state index in [-0.39, 0.29) is 11.3 Å². The first kappa shape index (κ1) is 16.1. The van der Waals surface area contributed by atoms with Gasteiger partial charge < -0.3 is 10.1 Å². The summed E-state index contributed by atoms with van der Waals surface area (Å²) in [6.07, 6.45) is 0. The number of rotatable bonds is 4. The van der Waals surface area contributed by atoms with E-state index in [4.69, 9.17) is 4.74 Å². The van der Waals surface area contributed by atoms with Crippen molar-refractivity contribution in [3.05, 3.63) is 64.1 Å². The second-order valence-electron chi connectivity index (χ2n) is 4.23. The number of ether oxygens (including phenoxy) is 1. The average molecular weight is 370 g/mol. The van der Waals surface area contributed by atoms with Gasteiger partial charge in [0.2, 0.25) is 0 Å². The van der Waals surface area contributed by atoms with Crippen LogP contribution in [-0.4, -0.2) is 18.5 Å². The minimum atomic E-state index is -0.866. The van der Waals surface area contributed by atoms with Crippen molar-refractivity contribution in [3.8, 4) is 0 Å². The van der Waals surface area contributed by atoms with Gasteiger partial charge in [-0.3, -0.25) is 4.79 Å². The van der Waals surface area contributed by atoms with Crippen molar-refractivity contribution in [3.63, 3.8) is 0 Å². The van der Waals surface area contributed by atoms with Crippen LogP contribution in [0.5, 0.6) is 0 Å². The molecule has 0 saturated carbocycles. The molecule has 4 nitrogen and oxygen atoms in total. The number of hydrogen-bond donors (Lipinski definition) is 1. The first-order valence-corrected chi connectivity index (χ1v) is 6.93. The van der Waals surface area contributed by atoms with E-state index < -0.39 is 30.1 Å². The molecule has 0 fully saturated rings. The van der Waals surface area contributed by atoms with E-state index in [0.717, 1.165) is 6.07 Å². The first-order chi connectivity index (χ1) is 10.5. The highest BCUT2D eigenvalue weighted by Crippen LogP contribution is 2.19. The number of benzene rings is 2. The molecule has 0 aliphatic carbocycles. The zero-order valence-electron chi connectivity index (χ0n) is 11.1. The summed E-state index contributed by atoms with van der Waals surface area (Å²) in [5.74, 6) is -2.78. The average Bonchev–Trinajstić information content (AvgIpc) is 2.49. The number of hydrogen-bond acceptors (Lipinski definition) is 3. The van der Waals surface area contributed by atoms with Crippen molar-refractivity contribution in [1.29, 1.82) is 0 Å². The number of carbonyl (C=O) groups excluding carboxylic acids is 2. The van der Waals surface area contributed by atoms with Crippen molar-refractivity contribution in [2.24, 2.45) is 0 Å². The lowest BCUT2D eigenvalue weighted by molar-refractivity contribution is -0.119. The molecular formula is C15H10BrF2NO3. The molecule has 0 atom stereocenters. The second-order valence-corrected chi connectivity index (χ2v) is 5.08. The molecule has 0 aromatic heterocycles. The van der Waals surface area contributed by atoms with Gasteiger partial charge >= 0.3 is 5.97 Å². The summed E-state index contributed by atoms with van der Waals surface area (Å²) >= 11 is 3.08. The van der Waals surface area contributed by atoms with Crippen molar-refractivity contribution in [1.82, 2.24) is 0 Å². The zero-order chi connectivity index (χ0) is 16.1. The van der Waals surface area contributed by atoms with Crippen LogP contribution in [-0.2, 0) is 9.53 Å². The van der Waals surface area contributed by atoms with Crippen LogP contribution in [0.15, 0.2) is 46.9 Å². The van der Waals surface area contributed by atoms with Gasteiger partial charge in [-0.15, -0.1) is 0 Å². The van der Waals surface area contributed by atoms with Crippen molar-refractivity contribution in [2.45, 2.75) is 0 Å². The molecule has 0 radical (unpaired) electrons. The maximum Gasteiger partial charge on any atom is 0.339 e. The molecule has 22 heavy (non-hydrogen) atoms. The summed E-state index contributed by atoms with van der Waals surface area (Å²) in [6.45, 7) is -0.615. The fourth-order valence-corrected chi connectivity index (χ4v) is 2.02. The first-order valence-electron chi connectivity index (χ1n) is 6.14. The van der Waals surface area contributed by atoms with E-state index in [0.29, 0.717) is 4.47 Å². The SMILES string of the molecule is O=C(COC(=O)c1cc(F)ccc1Br)Nc1ccccc1F. The highest BCUT2D eigenvalue weighted by atomic mass is 79.9. The quantitative estimate of drug-likeness (QED) is 0.838. The topological polar surface area (TPSA) is 55.4 Å². The lowest BCUT2D eigenvalue weighted by Crippen LogP contribution is -2.21. The lowest BCUT2D eigenvalue weighted by atomic mass is 10.2. The predicted octanol–water partition coefficient (Wildman–Crippen LogP) is 3.52. The molecule has 0 heterocycles. The smallest absolute Gasteiger partial charge is 0.339 e. The van der Waals surface area contributed by atoms with Gasteiger partial charge in [0.15, 0.2) is 6.61 Å². The number of esters is 1. The van der Waals surface area contributed by atoms with Gasteiger partial charge in [-0.1, -0.05) is 12.1 Å². The fraction of sp³-hybridized carbons (Fsp3) is 0.0667. The van der Waals surface area contributed by atoms with Crippen LogP contribution in [0.25, 0.3) is 0 Å². The minimum Gasteiger partial charge on any atom is -0.452 e. The van der Waals surface area contributed by atoms with Crippen molar-refractivity contribution >= 4 is 33.5 Å². The Labute approximate surface area is 133 Å². The molecule has 0 aliphatic heterocycles. The number of para-hydroxylation sites is 1. The number of nitrogens with one attached hydrogen (secondary N) is 1. The van der Waals surface area contributed by atoms with Gasteiger partial charge in [0, 0.05) is 4.47 Å². The molecule has 0 aliphatic rings. The van der Waals surface area contributed by atoms with Gasteiger partial charge in [-0.05, 0) is 46.3 Å². The summed E-state index contributed by atoms with van der Waals surface area (Å²) in [6, 6.07) is 9.10. The Balaban J connectivity index is 1.95. The molecule has 2 rings (SSSR count). The van der Waals surface area contributed by atoms with Crippen LogP contribution in [0.2, 0.25) is 0 Å². The van der Waals surface area contributed by atoms with Crippen molar-refractivity contribution in [2.75, 3.05) is 11.9 Å². The van der Waals surface area contributed by atoms with Gasteiger partial charge in [0.25, 0.3) is 5.91 Å². The Bertz CT molecular complexity index is 722. The number of amides is 1. The predicted molar refractivity (Wildman–Crippen MR) is 79.4 cm³/mol. The standard InChI is InChI=1S/C15H10BrF2NO3/c16-11-6-5-9(17)7-10(11)15(21)22-8-14(20)19-13-4-2-1-3-12(13)18/h1-7H,8H2,(H,19,20). The van der Waals surface area contributed by atoms with E-state index in [1.165, 1.54) is 30.3 Å². The van der Waals surface area contributed by atoms with E-state index in [1.54, 1.807) is 6.07 Å². The Morgan fingerprint density at radius 1 is 1.14 bits per heavy atom. The highest BCUT2D eigenvalue weighted by molar-refractivity contribution is 9.10. The van der Waals surface area contributed by atoms with E-state index in [9.17, 15) is 18.4 Å². The third-order valence-corrected chi connectivity index (χ3v) is 3.32. The van der Waals surface area contributed by atoms with Crippen LogP contribution >= 0.6 is 15.9 Å². The third kappa shape index (κ3) is 4.11. The monoisotopic (exact) mass is 369 g/mol. The molecule has 1 N–H and O–H groups in total. The molecule has 2 aromatic rings. The number of anilines is 1. The normalized spacial score (nSPS) is 10.1. The molecule has 1 amide bonds. The Kier molecular flexibility index (Phi) is 5.21. The van der Waals surface area contributed by atoms with E-state index in [2.05, 4.69) is 21.2 Å². The van der Waals surface area contributed by atoms with Crippen LogP contribution in [0.4, 0.5) is 14.5 Å². The van der Waals surface area contributed by atoms with Gasteiger partial charge in [0.1, 0.15) is 11.6 Å². The highest BCUT2D eigenvalue weighted by Gasteiger charge is 2.15. The summed E-state index contributed by atoms with van der Waals surface area (Å²) in [4.78, 5) is 23.4. The minimum absolute atomic E-state index is 0.0181. The van der Waals surface area contributed by atoms with E-state index >= 15 is 0 Å². The molecule has 114 valence electrons. The molecule has 0 bridgehead atoms. The lowest BCUT2D eigenvalue weighted by Gasteiger charge is -2.08. The van der Waals surface area contributed by atoms with E-state index in [1.807, 2.05) is 0 Å². The summed E-state index contributed by atoms with van der Waals surface area (Å²) in [7, 11) is 0. The number of halogens is 3. The molecule has 2 aromatic carbocycles. The summed E-state index contributed by atoms with van der Waals surface area (Å²) in [5.41, 5.74) is -0.0609. The fourth-order valence-electron chi connectivity index (χ4n) is 1.61. The van der Waals surface area contributed by atoms with Crippen LogP contribution in [0.3, 0.4) is 0 Å². The third-order valence-electron chi connectivity index (χ3n) is 2.63. The van der Waals surface area contributed by atoms with Crippen LogP contribution < -0.4 is 5.32 Å². The Hall–Kier alpha value is -2.28. The van der Waals surface area contributed by atoms with Crippen molar-refractivity contribution < 1.29 is 23.1 Å². The largest absolute Gasteiger partial charge is 0.452 e. The van der Waals surface area contributed by atoms with Gasteiger partial charge in [-0.2, -0.15) is 0 Å².